The van der Waals surface area contributed by atoms with Crippen LogP contribution in [-0.4, -0.2) is 47.7 Å². The Morgan fingerprint density at radius 1 is 1.56 bits per heavy atom. The number of piperidine rings is 1. The number of carboxylic acid groups (broad SMARTS) is 1. The Hall–Kier alpha value is -0.610. The van der Waals surface area contributed by atoms with Crippen molar-refractivity contribution in [3.05, 3.63) is 0 Å². The highest BCUT2D eigenvalue weighted by molar-refractivity contribution is 5.78. The molecule has 2 N–H and O–H groups in total. The molecule has 4 heteroatoms. The van der Waals surface area contributed by atoms with Gasteiger partial charge in [-0.1, -0.05) is 13.8 Å². The summed E-state index contributed by atoms with van der Waals surface area (Å²) in [5.74, 6) is 0.0134. The largest absolute Gasteiger partial charge is 0.480 e. The van der Waals surface area contributed by atoms with Gasteiger partial charge in [-0.05, 0) is 51.6 Å². The van der Waals surface area contributed by atoms with Crippen LogP contribution in [0.2, 0.25) is 0 Å². The first-order chi connectivity index (χ1) is 8.48. The molecule has 1 rings (SSSR count). The Morgan fingerprint density at radius 3 is 2.83 bits per heavy atom. The molecular weight excluding hydrogens is 228 g/mol. The molecule has 106 valence electrons. The number of likely N-dealkylation sites (tertiary alicyclic amines) is 1. The lowest BCUT2D eigenvalue weighted by Gasteiger charge is -2.34. The second-order valence-corrected chi connectivity index (χ2v) is 5.86. The maximum Gasteiger partial charge on any atom is 0.323 e. The van der Waals surface area contributed by atoms with Crippen LogP contribution in [0.5, 0.6) is 0 Å². The summed E-state index contributed by atoms with van der Waals surface area (Å²) in [4.78, 5) is 13.8. The number of rotatable bonds is 7. The fourth-order valence-electron chi connectivity index (χ4n) is 2.54. The first kappa shape index (κ1) is 15.4. The molecule has 1 fully saturated rings. The van der Waals surface area contributed by atoms with E-state index in [9.17, 15) is 9.90 Å². The van der Waals surface area contributed by atoms with E-state index in [4.69, 9.17) is 0 Å². The summed E-state index contributed by atoms with van der Waals surface area (Å²) in [6.07, 6.45) is 4.19. The highest BCUT2D eigenvalue weighted by Gasteiger charge is 2.32. The minimum atomic E-state index is -0.781. The average molecular weight is 256 g/mol. The average Bonchev–Trinajstić information content (AvgIpc) is 2.34. The van der Waals surface area contributed by atoms with Gasteiger partial charge in [0.05, 0.1) is 0 Å². The summed E-state index contributed by atoms with van der Waals surface area (Å²) in [5.41, 5.74) is -0.781. The van der Waals surface area contributed by atoms with Crippen molar-refractivity contribution in [1.82, 2.24) is 10.2 Å². The van der Waals surface area contributed by atoms with Gasteiger partial charge in [0.15, 0.2) is 0 Å². The van der Waals surface area contributed by atoms with Crippen molar-refractivity contribution in [2.75, 3.05) is 26.2 Å². The van der Waals surface area contributed by atoms with Gasteiger partial charge in [-0.2, -0.15) is 0 Å². The SMILES string of the molecule is CCCNC(C)(CCN1CCCC(C)C1)C(=O)O. The number of hydrogen-bond acceptors (Lipinski definition) is 3. The molecule has 1 aliphatic heterocycles. The van der Waals surface area contributed by atoms with Gasteiger partial charge in [0.2, 0.25) is 0 Å². The van der Waals surface area contributed by atoms with Crippen molar-refractivity contribution in [1.29, 1.82) is 0 Å². The van der Waals surface area contributed by atoms with Crippen molar-refractivity contribution in [3.63, 3.8) is 0 Å². The van der Waals surface area contributed by atoms with E-state index in [1.54, 1.807) is 6.92 Å². The van der Waals surface area contributed by atoms with Gasteiger partial charge in [-0.25, -0.2) is 0 Å². The van der Waals surface area contributed by atoms with Crippen molar-refractivity contribution >= 4 is 5.97 Å². The van der Waals surface area contributed by atoms with Gasteiger partial charge in [0.25, 0.3) is 0 Å². The van der Waals surface area contributed by atoms with Gasteiger partial charge in [0.1, 0.15) is 5.54 Å². The van der Waals surface area contributed by atoms with Crippen molar-refractivity contribution in [3.8, 4) is 0 Å². The number of nitrogens with one attached hydrogen (secondary N) is 1. The van der Waals surface area contributed by atoms with Crippen LogP contribution in [0.4, 0.5) is 0 Å². The van der Waals surface area contributed by atoms with Crippen LogP contribution in [-0.2, 0) is 4.79 Å². The van der Waals surface area contributed by atoms with Gasteiger partial charge in [0, 0.05) is 13.1 Å². The molecule has 0 aromatic heterocycles. The fraction of sp³-hybridized carbons (Fsp3) is 0.929. The second kappa shape index (κ2) is 7.10. The minimum absolute atomic E-state index is 0.676. The fourth-order valence-corrected chi connectivity index (χ4v) is 2.54. The van der Waals surface area contributed by atoms with Gasteiger partial charge < -0.3 is 15.3 Å². The molecule has 1 heterocycles. The maximum absolute atomic E-state index is 11.4. The third kappa shape index (κ3) is 4.58. The molecule has 0 aliphatic carbocycles. The van der Waals surface area contributed by atoms with E-state index < -0.39 is 11.5 Å². The molecule has 1 saturated heterocycles. The Kier molecular flexibility index (Phi) is 6.09. The van der Waals surface area contributed by atoms with E-state index in [1.165, 1.54) is 12.8 Å². The summed E-state index contributed by atoms with van der Waals surface area (Å²) in [6, 6.07) is 0. The predicted octanol–water partition coefficient (Wildman–Crippen LogP) is 1.95. The smallest absolute Gasteiger partial charge is 0.323 e. The zero-order valence-corrected chi connectivity index (χ0v) is 12.0. The first-order valence-electron chi connectivity index (χ1n) is 7.18. The Balaban J connectivity index is 2.43. The van der Waals surface area contributed by atoms with Gasteiger partial charge in [-0.15, -0.1) is 0 Å². The van der Waals surface area contributed by atoms with E-state index in [2.05, 4.69) is 24.1 Å². The van der Waals surface area contributed by atoms with Crippen LogP contribution in [0.15, 0.2) is 0 Å². The molecule has 0 bridgehead atoms. The molecule has 0 spiro atoms. The van der Waals surface area contributed by atoms with Crippen LogP contribution < -0.4 is 5.32 Å². The molecule has 0 saturated carbocycles. The zero-order chi connectivity index (χ0) is 13.6. The number of hydrogen-bond donors (Lipinski definition) is 2. The monoisotopic (exact) mass is 256 g/mol. The van der Waals surface area contributed by atoms with E-state index in [1.807, 2.05) is 0 Å². The van der Waals surface area contributed by atoms with Crippen LogP contribution >= 0.6 is 0 Å². The lowest BCUT2D eigenvalue weighted by atomic mass is 9.95. The summed E-state index contributed by atoms with van der Waals surface area (Å²) in [6.45, 7) is 10.0. The van der Waals surface area contributed by atoms with E-state index in [0.717, 1.165) is 38.5 Å². The number of nitrogens with zero attached hydrogens (tertiary/aromatic N) is 1. The molecular formula is C14H28N2O2. The normalized spacial score (nSPS) is 24.7. The topological polar surface area (TPSA) is 52.6 Å². The lowest BCUT2D eigenvalue weighted by Crippen LogP contribution is -2.52. The van der Waals surface area contributed by atoms with Gasteiger partial charge >= 0.3 is 5.97 Å². The van der Waals surface area contributed by atoms with Crippen LogP contribution in [0, 0.1) is 5.92 Å². The number of aliphatic carboxylic acids is 1. The standard InChI is InChI=1S/C14H28N2O2/c1-4-8-15-14(3,13(17)18)7-10-16-9-5-6-12(2)11-16/h12,15H,4-11H2,1-3H3,(H,17,18). The Labute approximate surface area is 111 Å². The van der Waals surface area contributed by atoms with E-state index >= 15 is 0 Å². The van der Waals surface area contributed by atoms with E-state index in [0.29, 0.717) is 6.42 Å². The zero-order valence-electron chi connectivity index (χ0n) is 12.0. The molecule has 4 nitrogen and oxygen atoms in total. The quantitative estimate of drug-likeness (QED) is 0.731. The lowest BCUT2D eigenvalue weighted by molar-refractivity contribution is -0.144. The summed E-state index contributed by atoms with van der Waals surface area (Å²) < 4.78 is 0. The maximum atomic E-state index is 11.4. The van der Waals surface area contributed by atoms with Crippen LogP contribution in [0.1, 0.15) is 46.5 Å². The second-order valence-electron chi connectivity index (χ2n) is 5.86. The molecule has 0 aromatic rings. The Bertz CT molecular complexity index is 271. The molecule has 1 aliphatic rings. The summed E-state index contributed by atoms with van der Waals surface area (Å²) >= 11 is 0. The number of carbonyl (C=O) groups is 1. The summed E-state index contributed by atoms with van der Waals surface area (Å²) in [7, 11) is 0. The minimum Gasteiger partial charge on any atom is -0.480 e. The first-order valence-corrected chi connectivity index (χ1v) is 7.18. The Morgan fingerprint density at radius 2 is 2.28 bits per heavy atom. The molecule has 0 aromatic carbocycles. The predicted molar refractivity (Wildman–Crippen MR) is 73.8 cm³/mol. The molecule has 0 radical (unpaired) electrons. The van der Waals surface area contributed by atoms with Crippen molar-refractivity contribution in [2.45, 2.75) is 52.0 Å². The third-order valence-corrected chi connectivity index (χ3v) is 3.91. The number of carboxylic acids is 1. The summed E-state index contributed by atoms with van der Waals surface area (Å²) in [5, 5.41) is 12.5. The van der Waals surface area contributed by atoms with E-state index in [-0.39, 0.29) is 0 Å². The molecule has 18 heavy (non-hydrogen) atoms. The van der Waals surface area contributed by atoms with Crippen LogP contribution in [0.3, 0.4) is 0 Å². The van der Waals surface area contributed by atoms with Crippen LogP contribution in [0.25, 0.3) is 0 Å². The highest BCUT2D eigenvalue weighted by Crippen LogP contribution is 2.18. The van der Waals surface area contributed by atoms with Crippen molar-refractivity contribution in [2.24, 2.45) is 5.92 Å². The van der Waals surface area contributed by atoms with Crippen molar-refractivity contribution < 1.29 is 9.90 Å². The van der Waals surface area contributed by atoms with Gasteiger partial charge in [-0.3, -0.25) is 4.79 Å². The third-order valence-electron chi connectivity index (χ3n) is 3.91. The molecule has 2 unspecified atom stereocenters. The molecule has 2 atom stereocenters. The highest BCUT2D eigenvalue weighted by atomic mass is 16.4. The molecule has 0 amide bonds.